The Kier molecular flexibility index (Phi) is 4.59. The van der Waals surface area contributed by atoms with E-state index in [1.54, 1.807) is 0 Å². The molecular formula is C15H25N3. The molecule has 0 amide bonds. The summed E-state index contributed by atoms with van der Waals surface area (Å²) in [6.07, 6.45) is 5.59. The zero-order valence-electron chi connectivity index (χ0n) is 11.9. The van der Waals surface area contributed by atoms with Gasteiger partial charge in [-0.1, -0.05) is 12.8 Å². The Bertz CT molecular complexity index is 383. The van der Waals surface area contributed by atoms with Crippen molar-refractivity contribution in [1.29, 1.82) is 0 Å². The SMILES string of the molecule is CNCc1cc(C)nc(N(C)CC2CCCC2)c1. The van der Waals surface area contributed by atoms with Crippen molar-refractivity contribution >= 4 is 5.82 Å². The van der Waals surface area contributed by atoms with Gasteiger partial charge in [0.25, 0.3) is 0 Å². The number of hydrogen-bond donors (Lipinski definition) is 1. The summed E-state index contributed by atoms with van der Waals surface area (Å²) in [7, 11) is 4.15. The zero-order valence-corrected chi connectivity index (χ0v) is 11.9. The Morgan fingerprint density at radius 1 is 1.33 bits per heavy atom. The number of rotatable bonds is 5. The van der Waals surface area contributed by atoms with Crippen molar-refractivity contribution in [1.82, 2.24) is 10.3 Å². The smallest absolute Gasteiger partial charge is 0.128 e. The summed E-state index contributed by atoms with van der Waals surface area (Å²) in [5.74, 6) is 1.98. The van der Waals surface area contributed by atoms with Crippen LogP contribution in [0.5, 0.6) is 0 Å². The summed E-state index contributed by atoms with van der Waals surface area (Å²) < 4.78 is 0. The van der Waals surface area contributed by atoms with Crippen LogP contribution in [0, 0.1) is 12.8 Å². The minimum absolute atomic E-state index is 0.866. The van der Waals surface area contributed by atoms with Gasteiger partial charge in [-0.05, 0) is 50.4 Å². The van der Waals surface area contributed by atoms with Crippen LogP contribution in [0.1, 0.15) is 36.9 Å². The maximum absolute atomic E-state index is 4.66. The van der Waals surface area contributed by atoms with E-state index in [-0.39, 0.29) is 0 Å². The van der Waals surface area contributed by atoms with Crippen LogP contribution in [0.3, 0.4) is 0 Å². The second kappa shape index (κ2) is 6.19. The molecule has 0 atom stereocenters. The van der Waals surface area contributed by atoms with Crippen molar-refractivity contribution in [3.8, 4) is 0 Å². The van der Waals surface area contributed by atoms with Crippen LogP contribution in [0.15, 0.2) is 12.1 Å². The van der Waals surface area contributed by atoms with E-state index < -0.39 is 0 Å². The molecule has 1 aliphatic carbocycles. The maximum atomic E-state index is 4.66. The molecule has 18 heavy (non-hydrogen) atoms. The topological polar surface area (TPSA) is 28.2 Å². The normalized spacial score (nSPS) is 16.2. The molecule has 1 saturated carbocycles. The molecule has 1 N–H and O–H groups in total. The highest BCUT2D eigenvalue weighted by Crippen LogP contribution is 2.26. The van der Waals surface area contributed by atoms with Crippen LogP contribution >= 0.6 is 0 Å². The number of hydrogen-bond acceptors (Lipinski definition) is 3. The predicted molar refractivity (Wildman–Crippen MR) is 77.0 cm³/mol. The second-order valence-electron chi connectivity index (χ2n) is 5.54. The molecule has 0 radical (unpaired) electrons. The standard InChI is InChI=1S/C15H25N3/c1-12-8-14(10-16-2)9-15(17-12)18(3)11-13-6-4-5-7-13/h8-9,13,16H,4-7,10-11H2,1-3H3. The van der Waals surface area contributed by atoms with E-state index >= 15 is 0 Å². The second-order valence-corrected chi connectivity index (χ2v) is 5.54. The number of nitrogens with zero attached hydrogens (tertiary/aromatic N) is 2. The Labute approximate surface area is 111 Å². The van der Waals surface area contributed by atoms with Gasteiger partial charge in [-0.3, -0.25) is 0 Å². The first-order valence-corrected chi connectivity index (χ1v) is 7.02. The highest BCUT2D eigenvalue weighted by Gasteiger charge is 2.17. The van der Waals surface area contributed by atoms with Crippen LogP contribution in [-0.2, 0) is 6.54 Å². The Morgan fingerprint density at radius 2 is 2.06 bits per heavy atom. The van der Waals surface area contributed by atoms with Crippen LogP contribution in [0.4, 0.5) is 5.82 Å². The fraction of sp³-hybridized carbons (Fsp3) is 0.667. The highest BCUT2D eigenvalue weighted by atomic mass is 15.2. The molecule has 1 aliphatic rings. The fourth-order valence-electron chi connectivity index (χ4n) is 2.90. The average molecular weight is 247 g/mol. The van der Waals surface area contributed by atoms with Gasteiger partial charge in [0.1, 0.15) is 5.82 Å². The van der Waals surface area contributed by atoms with Gasteiger partial charge >= 0.3 is 0 Å². The summed E-state index contributed by atoms with van der Waals surface area (Å²) in [4.78, 5) is 6.98. The molecule has 1 fully saturated rings. The number of pyridine rings is 1. The summed E-state index contributed by atoms with van der Waals surface area (Å²) in [5.41, 5.74) is 2.43. The van der Waals surface area contributed by atoms with Crippen LogP contribution in [0.25, 0.3) is 0 Å². The molecule has 1 aromatic rings. The molecule has 2 rings (SSSR count). The van der Waals surface area contributed by atoms with E-state index in [1.807, 2.05) is 7.05 Å². The number of anilines is 1. The van der Waals surface area contributed by atoms with Crippen molar-refractivity contribution in [2.24, 2.45) is 5.92 Å². The summed E-state index contributed by atoms with van der Waals surface area (Å²) >= 11 is 0. The molecule has 3 heteroatoms. The van der Waals surface area contributed by atoms with Crippen molar-refractivity contribution in [2.75, 3.05) is 25.5 Å². The monoisotopic (exact) mass is 247 g/mol. The van der Waals surface area contributed by atoms with Gasteiger partial charge in [-0.2, -0.15) is 0 Å². The molecular weight excluding hydrogens is 222 g/mol. The van der Waals surface area contributed by atoms with Crippen molar-refractivity contribution < 1.29 is 0 Å². The van der Waals surface area contributed by atoms with Crippen molar-refractivity contribution in [3.63, 3.8) is 0 Å². The molecule has 0 saturated heterocycles. The molecule has 0 aromatic carbocycles. The highest BCUT2D eigenvalue weighted by molar-refractivity contribution is 5.42. The lowest BCUT2D eigenvalue weighted by Gasteiger charge is -2.23. The molecule has 100 valence electrons. The molecule has 0 bridgehead atoms. The molecule has 0 spiro atoms. The Balaban J connectivity index is 2.05. The van der Waals surface area contributed by atoms with E-state index in [0.29, 0.717) is 0 Å². The van der Waals surface area contributed by atoms with Gasteiger partial charge < -0.3 is 10.2 Å². The van der Waals surface area contributed by atoms with Crippen molar-refractivity contribution in [2.45, 2.75) is 39.2 Å². The van der Waals surface area contributed by atoms with Gasteiger partial charge in [-0.25, -0.2) is 4.98 Å². The van der Waals surface area contributed by atoms with Crippen LogP contribution < -0.4 is 10.2 Å². The summed E-state index contributed by atoms with van der Waals surface area (Å²) in [5, 5.41) is 3.20. The lowest BCUT2D eigenvalue weighted by atomic mass is 10.1. The zero-order chi connectivity index (χ0) is 13.0. The van der Waals surface area contributed by atoms with E-state index in [2.05, 4.69) is 41.3 Å². The minimum Gasteiger partial charge on any atom is -0.359 e. The summed E-state index contributed by atoms with van der Waals surface area (Å²) in [6.45, 7) is 4.13. The van der Waals surface area contributed by atoms with Gasteiger partial charge in [-0.15, -0.1) is 0 Å². The third-order valence-corrected chi connectivity index (χ3v) is 3.78. The molecule has 1 aromatic heterocycles. The van der Waals surface area contributed by atoms with Crippen molar-refractivity contribution in [3.05, 3.63) is 23.4 Å². The first kappa shape index (κ1) is 13.3. The quantitative estimate of drug-likeness (QED) is 0.867. The third kappa shape index (κ3) is 3.45. The third-order valence-electron chi connectivity index (χ3n) is 3.78. The molecule has 1 heterocycles. The van der Waals surface area contributed by atoms with Gasteiger partial charge in [0, 0.05) is 25.8 Å². The molecule has 3 nitrogen and oxygen atoms in total. The van der Waals surface area contributed by atoms with Gasteiger partial charge in [0.2, 0.25) is 0 Å². The molecule has 0 aliphatic heterocycles. The maximum Gasteiger partial charge on any atom is 0.128 e. The Morgan fingerprint density at radius 3 is 2.72 bits per heavy atom. The van der Waals surface area contributed by atoms with Gasteiger partial charge in [0.15, 0.2) is 0 Å². The number of aromatic nitrogens is 1. The van der Waals surface area contributed by atoms with Crippen LogP contribution in [-0.4, -0.2) is 25.6 Å². The van der Waals surface area contributed by atoms with Gasteiger partial charge in [0.05, 0.1) is 0 Å². The van der Waals surface area contributed by atoms with E-state index in [0.717, 1.165) is 30.5 Å². The average Bonchev–Trinajstić information content (AvgIpc) is 2.81. The first-order chi connectivity index (χ1) is 8.69. The largest absolute Gasteiger partial charge is 0.359 e. The Hall–Kier alpha value is -1.09. The van der Waals surface area contributed by atoms with Crippen LogP contribution in [0.2, 0.25) is 0 Å². The van der Waals surface area contributed by atoms with E-state index in [9.17, 15) is 0 Å². The minimum atomic E-state index is 0.866. The first-order valence-electron chi connectivity index (χ1n) is 7.02. The molecule has 0 unspecified atom stereocenters. The fourth-order valence-corrected chi connectivity index (χ4v) is 2.90. The number of aryl methyl sites for hydroxylation is 1. The number of nitrogens with one attached hydrogen (secondary N) is 1. The van der Waals surface area contributed by atoms with E-state index in [4.69, 9.17) is 0 Å². The summed E-state index contributed by atoms with van der Waals surface area (Å²) in [6, 6.07) is 4.36. The lowest BCUT2D eigenvalue weighted by Crippen LogP contribution is -2.25. The lowest BCUT2D eigenvalue weighted by molar-refractivity contribution is 0.544. The van der Waals surface area contributed by atoms with E-state index in [1.165, 1.54) is 31.2 Å². The predicted octanol–water partition coefficient (Wildman–Crippen LogP) is 2.74.